The minimum Gasteiger partial charge on any atom is -0.480 e. The van der Waals surface area contributed by atoms with E-state index in [2.05, 4.69) is 0 Å². The topological polar surface area (TPSA) is 83.7 Å². The Labute approximate surface area is 118 Å². The molecule has 1 aromatic rings. The van der Waals surface area contributed by atoms with Gasteiger partial charge in [-0.25, -0.2) is 0 Å². The van der Waals surface area contributed by atoms with Gasteiger partial charge in [-0.05, 0) is 32.8 Å². The molecule has 0 aliphatic rings. The largest absolute Gasteiger partial charge is 0.480 e. The van der Waals surface area contributed by atoms with E-state index in [1.165, 1.54) is 12.1 Å². The van der Waals surface area contributed by atoms with Gasteiger partial charge in [-0.15, -0.1) is 0 Å². The van der Waals surface area contributed by atoms with Crippen molar-refractivity contribution in [2.75, 3.05) is 13.1 Å². The van der Waals surface area contributed by atoms with E-state index in [1.54, 1.807) is 12.1 Å². The molecule has 6 heteroatoms. The third kappa shape index (κ3) is 4.97. The Hall–Kier alpha value is -1.95. The Bertz CT molecular complexity index is 477. The summed E-state index contributed by atoms with van der Waals surface area (Å²) < 4.78 is 0. The number of rotatable bonds is 6. The highest BCUT2D eigenvalue weighted by molar-refractivity contribution is 5.69. The fraction of sp³-hybridized carbons (Fsp3) is 0.500. The van der Waals surface area contributed by atoms with Crippen molar-refractivity contribution >= 4 is 11.7 Å². The summed E-state index contributed by atoms with van der Waals surface area (Å²) in [6.45, 7) is 6.47. The van der Waals surface area contributed by atoms with Gasteiger partial charge >= 0.3 is 5.97 Å². The molecule has 0 saturated heterocycles. The molecule has 1 aromatic carbocycles. The van der Waals surface area contributed by atoms with Crippen molar-refractivity contribution in [3.05, 3.63) is 39.9 Å². The maximum atomic E-state index is 10.9. The van der Waals surface area contributed by atoms with Crippen LogP contribution in [-0.4, -0.2) is 39.5 Å². The lowest BCUT2D eigenvalue weighted by Crippen LogP contribution is -2.45. The van der Waals surface area contributed by atoms with Crippen molar-refractivity contribution in [3.63, 3.8) is 0 Å². The van der Waals surface area contributed by atoms with E-state index in [-0.39, 0.29) is 17.8 Å². The first-order valence-corrected chi connectivity index (χ1v) is 6.40. The average Bonchev–Trinajstić information content (AvgIpc) is 2.33. The average molecular weight is 280 g/mol. The monoisotopic (exact) mass is 280 g/mol. The Kier molecular flexibility index (Phi) is 5.21. The normalized spacial score (nSPS) is 11.6. The number of carbonyl (C=O) groups is 1. The molecule has 0 bridgehead atoms. The van der Waals surface area contributed by atoms with Crippen LogP contribution in [0.1, 0.15) is 26.3 Å². The molecule has 0 radical (unpaired) electrons. The number of aliphatic carboxylic acids is 1. The molecule has 0 fully saturated rings. The second-order valence-electron chi connectivity index (χ2n) is 5.66. The zero-order valence-corrected chi connectivity index (χ0v) is 12.0. The molecule has 0 unspecified atom stereocenters. The zero-order valence-electron chi connectivity index (χ0n) is 12.0. The number of nitro benzene ring substituents is 1. The molecule has 6 nitrogen and oxygen atoms in total. The minimum atomic E-state index is -0.858. The van der Waals surface area contributed by atoms with Gasteiger partial charge in [0.15, 0.2) is 0 Å². The first-order valence-electron chi connectivity index (χ1n) is 6.40. The number of nitro groups is 1. The highest BCUT2D eigenvalue weighted by atomic mass is 16.6. The van der Waals surface area contributed by atoms with E-state index < -0.39 is 10.9 Å². The summed E-state index contributed by atoms with van der Waals surface area (Å²) >= 11 is 0. The SMILES string of the molecule is CC(C)(C)N(CCc1ccc([N+](=O)[O-])cc1)CC(=O)O. The first-order chi connectivity index (χ1) is 9.20. The van der Waals surface area contributed by atoms with E-state index in [0.717, 1.165) is 5.56 Å². The summed E-state index contributed by atoms with van der Waals surface area (Å²) in [5, 5.41) is 19.5. The highest BCUT2D eigenvalue weighted by Crippen LogP contribution is 2.16. The summed E-state index contributed by atoms with van der Waals surface area (Å²) in [7, 11) is 0. The molecular weight excluding hydrogens is 260 g/mol. The fourth-order valence-corrected chi connectivity index (χ4v) is 1.86. The maximum Gasteiger partial charge on any atom is 0.317 e. The van der Waals surface area contributed by atoms with Crippen molar-refractivity contribution in [1.29, 1.82) is 0 Å². The predicted molar refractivity (Wildman–Crippen MR) is 75.8 cm³/mol. The number of hydrogen-bond acceptors (Lipinski definition) is 4. The second kappa shape index (κ2) is 6.47. The third-order valence-electron chi connectivity index (χ3n) is 3.09. The van der Waals surface area contributed by atoms with Crippen LogP contribution in [0, 0.1) is 10.1 Å². The fourth-order valence-electron chi connectivity index (χ4n) is 1.86. The molecule has 1 N–H and O–H groups in total. The van der Waals surface area contributed by atoms with Gasteiger partial charge in [-0.3, -0.25) is 19.8 Å². The molecule has 0 amide bonds. The Morgan fingerprint density at radius 2 is 1.85 bits per heavy atom. The summed E-state index contributed by atoms with van der Waals surface area (Å²) in [5.74, 6) is -0.858. The molecule has 0 spiro atoms. The van der Waals surface area contributed by atoms with Crippen LogP contribution in [0.4, 0.5) is 5.69 Å². The highest BCUT2D eigenvalue weighted by Gasteiger charge is 2.23. The number of carboxylic acids is 1. The van der Waals surface area contributed by atoms with Crippen molar-refractivity contribution in [2.24, 2.45) is 0 Å². The summed E-state index contributed by atoms with van der Waals surface area (Å²) in [5.41, 5.74) is 0.779. The van der Waals surface area contributed by atoms with Crippen LogP contribution in [0.15, 0.2) is 24.3 Å². The van der Waals surface area contributed by atoms with Gasteiger partial charge in [0.05, 0.1) is 11.5 Å². The zero-order chi connectivity index (χ0) is 15.3. The molecule has 0 heterocycles. The van der Waals surface area contributed by atoms with Crippen molar-refractivity contribution in [1.82, 2.24) is 4.90 Å². The van der Waals surface area contributed by atoms with Crippen LogP contribution in [0.25, 0.3) is 0 Å². The second-order valence-corrected chi connectivity index (χ2v) is 5.66. The van der Waals surface area contributed by atoms with Gasteiger partial charge in [0.2, 0.25) is 0 Å². The van der Waals surface area contributed by atoms with E-state index in [1.807, 2.05) is 25.7 Å². The molecular formula is C14H20N2O4. The first kappa shape index (κ1) is 16.1. The third-order valence-corrected chi connectivity index (χ3v) is 3.09. The van der Waals surface area contributed by atoms with Gasteiger partial charge in [0.25, 0.3) is 5.69 Å². The number of hydrogen-bond donors (Lipinski definition) is 1. The summed E-state index contributed by atoms with van der Waals surface area (Å²) in [6.07, 6.45) is 0.655. The van der Waals surface area contributed by atoms with Crippen LogP contribution < -0.4 is 0 Å². The Morgan fingerprint density at radius 3 is 2.25 bits per heavy atom. The molecule has 20 heavy (non-hydrogen) atoms. The van der Waals surface area contributed by atoms with E-state index in [0.29, 0.717) is 13.0 Å². The standard InChI is InChI=1S/C14H20N2O4/c1-14(2,3)15(10-13(17)18)9-8-11-4-6-12(7-5-11)16(19)20/h4-7H,8-10H2,1-3H3,(H,17,18). The Balaban J connectivity index is 2.67. The van der Waals surface area contributed by atoms with Crippen LogP contribution in [0.2, 0.25) is 0 Å². The lowest BCUT2D eigenvalue weighted by molar-refractivity contribution is -0.384. The minimum absolute atomic E-state index is 0.0174. The Morgan fingerprint density at radius 1 is 1.30 bits per heavy atom. The molecule has 0 aliphatic carbocycles. The van der Waals surface area contributed by atoms with Crippen molar-refractivity contribution in [3.8, 4) is 0 Å². The maximum absolute atomic E-state index is 10.9. The number of benzene rings is 1. The quantitative estimate of drug-likeness (QED) is 0.638. The van der Waals surface area contributed by atoms with Crippen LogP contribution in [-0.2, 0) is 11.2 Å². The van der Waals surface area contributed by atoms with Crippen LogP contribution >= 0.6 is 0 Å². The summed E-state index contributed by atoms with van der Waals surface area (Å²) in [4.78, 5) is 22.9. The molecule has 0 aromatic heterocycles. The van der Waals surface area contributed by atoms with Gasteiger partial charge in [-0.1, -0.05) is 12.1 Å². The number of nitrogens with zero attached hydrogens (tertiary/aromatic N) is 2. The lowest BCUT2D eigenvalue weighted by atomic mass is 10.0. The van der Waals surface area contributed by atoms with E-state index in [4.69, 9.17) is 5.11 Å². The van der Waals surface area contributed by atoms with Crippen LogP contribution in [0.3, 0.4) is 0 Å². The lowest BCUT2D eigenvalue weighted by Gasteiger charge is -2.34. The van der Waals surface area contributed by atoms with Crippen molar-refractivity contribution in [2.45, 2.75) is 32.7 Å². The molecule has 0 atom stereocenters. The molecule has 1 rings (SSSR count). The van der Waals surface area contributed by atoms with Gasteiger partial charge in [0, 0.05) is 24.2 Å². The van der Waals surface area contributed by atoms with E-state index >= 15 is 0 Å². The number of carboxylic acid groups (broad SMARTS) is 1. The summed E-state index contributed by atoms with van der Waals surface area (Å²) in [6, 6.07) is 6.35. The predicted octanol–water partition coefficient (Wildman–Crippen LogP) is 2.32. The smallest absolute Gasteiger partial charge is 0.317 e. The van der Waals surface area contributed by atoms with E-state index in [9.17, 15) is 14.9 Å². The van der Waals surface area contributed by atoms with Crippen molar-refractivity contribution < 1.29 is 14.8 Å². The van der Waals surface area contributed by atoms with Gasteiger partial charge in [0.1, 0.15) is 0 Å². The van der Waals surface area contributed by atoms with Crippen LogP contribution in [0.5, 0.6) is 0 Å². The molecule has 0 saturated carbocycles. The molecule has 0 aliphatic heterocycles. The molecule has 110 valence electrons. The van der Waals surface area contributed by atoms with Gasteiger partial charge in [-0.2, -0.15) is 0 Å². The number of non-ortho nitro benzene ring substituents is 1. The van der Waals surface area contributed by atoms with Gasteiger partial charge < -0.3 is 5.11 Å².